The number of amides is 1. The number of aromatic carboxylic acids is 1. The van der Waals surface area contributed by atoms with Crippen LogP contribution in [0.1, 0.15) is 46.5 Å². The van der Waals surface area contributed by atoms with Crippen molar-refractivity contribution in [2.45, 2.75) is 27.2 Å². The summed E-state index contributed by atoms with van der Waals surface area (Å²) in [5.41, 5.74) is 1.36. The maximum atomic E-state index is 12.3. The zero-order valence-corrected chi connectivity index (χ0v) is 11.9. The van der Waals surface area contributed by atoms with E-state index in [2.05, 4.69) is 13.8 Å². The van der Waals surface area contributed by atoms with Gasteiger partial charge in [0.1, 0.15) is 0 Å². The Bertz CT molecular complexity index is 482. The highest BCUT2D eigenvalue weighted by Gasteiger charge is 2.16. The highest BCUT2D eigenvalue weighted by Crippen LogP contribution is 2.13. The van der Waals surface area contributed by atoms with E-state index < -0.39 is 5.97 Å². The van der Waals surface area contributed by atoms with Gasteiger partial charge in [0.15, 0.2) is 0 Å². The molecule has 0 saturated carbocycles. The van der Waals surface area contributed by atoms with Crippen molar-refractivity contribution in [3.05, 3.63) is 34.9 Å². The summed E-state index contributed by atoms with van der Waals surface area (Å²) in [6.45, 7) is 6.63. The number of rotatable bonds is 5. The molecule has 19 heavy (non-hydrogen) atoms. The molecule has 4 heteroatoms. The van der Waals surface area contributed by atoms with Gasteiger partial charge in [-0.2, -0.15) is 0 Å². The second-order valence-electron chi connectivity index (χ2n) is 5.09. The first kappa shape index (κ1) is 15.2. The number of carbonyl (C=O) groups excluding carboxylic acids is 1. The number of hydrogen-bond donors (Lipinski definition) is 1. The zero-order valence-electron chi connectivity index (χ0n) is 11.9. The summed E-state index contributed by atoms with van der Waals surface area (Å²) >= 11 is 0. The summed E-state index contributed by atoms with van der Waals surface area (Å²) in [6, 6.07) is 4.72. The summed E-state index contributed by atoms with van der Waals surface area (Å²) < 4.78 is 0. The van der Waals surface area contributed by atoms with Crippen LogP contribution in [0.5, 0.6) is 0 Å². The molecule has 4 nitrogen and oxygen atoms in total. The maximum absolute atomic E-state index is 12.3. The molecule has 1 aromatic rings. The average molecular weight is 263 g/mol. The lowest BCUT2D eigenvalue weighted by molar-refractivity contribution is 0.0696. The lowest BCUT2D eigenvalue weighted by atomic mass is 10.0. The van der Waals surface area contributed by atoms with Crippen molar-refractivity contribution in [3.8, 4) is 0 Å². The van der Waals surface area contributed by atoms with E-state index in [9.17, 15) is 9.59 Å². The Morgan fingerprint density at radius 3 is 2.37 bits per heavy atom. The zero-order chi connectivity index (χ0) is 14.6. The Hall–Kier alpha value is -1.84. The van der Waals surface area contributed by atoms with Crippen molar-refractivity contribution in [2.24, 2.45) is 5.92 Å². The van der Waals surface area contributed by atoms with Gasteiger partial charge < -0.3 is 10.0 Å². The second kappa shape index (κ2) is 6.36. The summed E-state index contributed by atoms with van der Waals surface area (Å²) in [5, 5.41) is 9.01. The van der Waals surface area contributed by atoms with Crippen LogP contribution < -0.4 is 0 Å². The molecule has 0 radical (unpaired) electrons. The van der Waals surface area contributed by atoms with Gasteiger partial charge in [-0.25, -0.2) is 4.79 Å². The Labute approximate surface area is 114 Å². The summed E-state index contributed by atoms with van der Waals surface area (Å²) in [7, 11) is 1.75. The molecular formula is C15H21NO3. The first-order valence-electron chi connectivity index (χ1n) is 6.45. The molecule has 0 bridgehead atoms. The van der Waals surface area contributed by atoms with E-state index in [1.807, 2.05) is 0 Å². The molecule has 0 aliphatic carbocycles. The van der Waals surface area contributed by atoms with Crippen LogP contribution in [0.2, 0.25) is 0 Å². The van der Waals surface area contributed by atoms with Crippen LogP contribution >= 0.6 is 0 Å². The van der Waals surface area contributed by atoms with Gasteiger partial charge in [0.25, 0.3) is 5.91 Å². The predicted molar refractivity (Wildman–Crippen MR) is 74.6 cm³/mol. The number of benzene rings is 1. The van der Waals surface area contributed by atoms with Gasteiger partial charge >= 0.3 is 5.97 Å². The number of hydrogen-bond acceptors (Lipinski definition) is 2. The lowest BCUT2D eigenvalue weighted by Gasteiger charge is -2.21. The molecule has 0 heterocycles. The molecule has 0 fully saturated rings. The van der Waals surface area contributed by atoms with E-state index in [0.29, 0.717) is 18.0 Å². The van der Waals surface area contributed by atoms with Crippen LogP contribution in [0.25, 0.3) is 0 Å². The third-order valence-electron chi connectivity index (χ3n) is 3.20. The monoisotopic (exact) mass is 263 g/mol. The van der Waals surface area contributed by atoms with Crippen molar-refractivity contribution >= 4 is 11.9 Å². The molecule has 0 aromatic heterocycles. The van der Waals surface area contributed by atoms with Crippen LogP contribution in [-0.2, 0) is 0 Å². The molecule has 0 spiro atoms. The second-order valence-corrected chi connectivity index (χ2v) is 5.09. The molecular weight excluding hydrogens is 242 g/mol. The van der Waals surface area contributed by atoms with Crippen molar-refractivity contribution in [3.63, 3.8) is 0 Å². The van der Waals surface area contributed by atoms with E-state index in [0.717, 1.165) is 12.0 Å². The minimum atomic E-state index is -1.01. The number of carboxylic acid groups (broad SMARTS) is 1. The SMILES string of the molecule is CCC(C)CN(C)C(=O)c1cc(C)cc(C(=O)O)c1. The van der Waals surface area contributed by atoms with E-state index in [-0.39, 0.29) is 11.5 Å². The highest BCUT2D eigenvalue weighted by atomic mass is 16.4. The average Bonchev–Trinajstić information content (AvgIpc) is 2.36. The van der Waals surface area contributed by atoms with E-state index in [1.165, 1.54) is 6.07 Å². The first-order valence-corrected chi connectivity index (χ1v) is 6.45. The van der Waals surface area contributed by atoms with Gasteiger partial charge in [-0.05, 0) is 36.6 Å². The van der Waals surface area contributed by atoms with Crippen molar-refractivity contribution in [2.75, 3.05) is 13.6 Å². The quantitative estimate of drug-likeness (QED) is 0.888. The summed E-state index contributed by atoms with van der Waals surface area (Å²) in [6.07, 6.45) is 1.01. The van der Waals surface area contributed by atoms with Crippen LogP contribution in [0.15, 0.2) is 18.2 Å². The molecule has 0 aliphatic rings. The Morgan fingerprint density at radius 1 is 1.26 bits per heavy atom. The van der Waals surface area contributed by atoms with Crippen molar-refractivity contribution in [1.82, 2.24) is 4.90 Å². The van der Waals surface area contributed by atoms with E-state index in [1.54, 1.807) is 31.0 Å². The minimum absolute atomic E-state index is 0.133. The van der Waals surface area contributed by atoms with Crippen LogP contribution in [-0.4, -0.2) is 35.5 Å². The third-order valence-corrected chi connectivity index (χ3v) is 3.20. The minimum Gasteiger partial charge on any atom is -0.478 e. The molecule has 1 atom stereocenters. The Kier molecular flexibility index (Phi) is 5.10. The van der Waals surface area contributed by atoms with Gasteiger partial charge in [0.2, 0.25) is 0 Å². The fourth-order valence-corrected chi connectivity index (χ4v) is 1.93. The van der Waals surface area contributed by atoms with Gasteiger partial charge in [0, 0.05) is 19.2 Å². The summed E-state index contributed by atoms with van der Waals surface area (Å²) in [4.78, 5) is 24.9. The molecule has 0 saturated heterocycles. The van der Waals surface area contributed by atoms with Gasteiger partial charge in [0.05, 0.1) is 5.56 Å². The molecule has 1 rings (SSSR count). The predicted octanol–water partition coefficient (Wildman–Crippen LogP) is 2.81. The maximum Gasteiger partial charge on any atom is 0.335 e. The van der Waals surface area contributed by atoms with Crippen molar-refractivity contribution < 1.29 is 14.7 Å². The number of carboxylic acids is 1. The normalized spacial score (nSPS) is 12.0. The smallest absolute Gasteiger partial charge is 0.335 e. The van der Waals surface area contributed by atoms with E-state index in [4.69, 9.17) is 5.11 Å². The number of carbonyl (C=O) groups is 2. The molecule has 104 valence electrons. The number of nitrogens with zero attached hydrogens (tertiary/aromatic N) is 1. The lowest BCUT2D eigenvalue weighted by Crippen LogP contribution is -2.31. The van der Waals surface area contributed by atoms with E-state index >= 15 is 0 Å². The Morgan fingerprint density at radius 2 is 1.84 bits per heavy atom. The fraction of sp³-hybridized carbons (Fsp3) is 0.467. The molecule has 1 unspecified atom stereocenters. The molecule has 0 aliphatic heterocycles. The van der Waals surface area contributed by atoms with Crippen LogP contribution in [0.4, 0.5) is 0 Å². The van der Waals surface area contributed by atoms with Gasteiger partial charge in [-0.3, -0.25) is 4.79 Å². The largest absolute Gasteiger partial charge is 0.478 e. The fourth-order valence-electron chi connectivity index (χ4n) is 1.93. The number of aryl methyl sites for hydroxylation is 1. The topological polar surface area (TPSA) is 57.6 Å². The van der Waals surface area contributed by atoms with Gasteiger partial charge in [-0.1, -0.05) is 20.3 Å². The first-order chi connectivity index (χ1) is 8.85. The van der Waals surface area contributed by atoms with Crippen molar-refractivity contribution in [1.29, 1.82) is 0 Å². The molecule has 1 amide bonds. The third kappa shape index (κ3) is 4.09. The van der Waals surface area contributed by atoms with Gasteiger partial charge in [-0.15, -0.1) is 0 Å². The highest BCUT2D eigenvalue weighted by molar-refractivity contribution is 5.97. The van der Waals surface area contributed by atoms with Crippen LogP contribution in [0.3, 0.4) is 0 Å². The molecule has 1 N–H and O–H groups in total. The summed E-state index contributed by atoms with van der Waals surface area (Å²) in [5.74, 6) is -0.716. The Balaban J connectivity index is 2.96. The standard InChI is InChI=1S/C15H21NO3/c1-5-10(2)9-16(4)14(17)12-6-11(3)7-13(8-12)15(18)19/h6-8,10H,5,9H2,1-4H3,(H,18,19). The molecule has 1 aromatic carbocycles. The van der Waals surface area contributed by atoms with Crippen LogP contribution in [0, 0.1) is 12.8 Å².